The summed E-state index contributed by atoms with van der Waals surface area (Å²) < 4.78 is 4.81. The molecule has 0 bridgehead atoms. The number of halogens is 1. The summed E-state index contributed by atoms with van der Waals surface area (Å²) >= 11 is 4.11. The molecule has 2 aromatic rings. The van der Waals surface area contributed by atoms with E-state index in [1.807, 2.05) is 0 Å². The van der Waals surface area contributed by atoms with E-state index in [2.05, 4.69) is 95.3 Å². The summed E-state index contributed by atoms with van der Waals surface area (Å²) in [5, 5.41) is 0. The third-order valence-corrected chi connectivity index (χ3v) is 12.6. The van der Waals surface area contributed by atoms with E-state index in [0.29, 0.717) is 0 Å². The average Bonchev–Trinajstić information content (AvgIpc) is 2.44. The second-order valence-corrected chi connectivity index (χ2v) is 13.8. The summed E-state index contributed by atoms with van der Waals surface area (Å²) in [7, 11) is -2.27. The zero-order chi connectivity index (χ0) is 14.9. The molecule has 2 heterocycles. The van der Waals surface area contributed by atoms with Gasteiger partial charge in [0.05, 0.1) is 0 Å². The van der Waals surface area contributed by atoms with Crippen molar-refractivity contribution < 1.29 is 8.47 Å². The van der Waals surface area contributed by atoms with Gasteiger partial charge in [0.25, 0.3) is 0 Å². The molecule has 0 aliphatic heterocycles. The summed E-state index contributed by atoms with van der Waals surface area (Å²) in [6, 6.07) is 5.54. The van der Waals surface area contributed by atoms with Crippen LogP contribution in [0, 0.1) is 27.7 Å². The first kappa shape index (κ1) is 15.4. The number of hydrogen-bond donors (Lipinski definition) is 0. The molecule has 0 aliphatic rings. The number of rotatable bonds is 3. The standard InChI is InChI=1S/C16H24BrN2Si/c1-6-20(17,18-9-7-13(2)15(4)11-18)19-10-8-14(3)16(5)12-19/h7-12,20H,6H2,1-5H3/q+1. The SMILES string of the molecule is CC[SiH-](Br)([n+]1ccc(C)c(C)c1)[n+]1ccc(C)c(C)c1. The molecule has 0 aliphatic carbocycles. The summed E-state index contributed by atoms with van der Waals surface area (Å²) in [5.74, 6) is 0. The number of aryl methyl sites for hydroxylation is 4. The van der Waals surface area contributed by atoms with Crippen molar-refractivity contribution in [3.8, 4) is 0 Å². The van der Waals surface area contributed by atoms with Gasteiger partial charge in [0.2, 0.25) is 0 Å². The normalized spacial score (nSPS) is 12.5. The molecule has 0 saturated carbocycles. The van der Waals surface area contributed by atoms with Crippen LogP contribution in [0.3, 0.4) is 0 Å². The number of nitrogens with zero attached hydrogens (tertiary/aromatic N) is 2. The van der Waals surface area contributed by atoms with Crippen molar-refractivity contribution in [1.29, 1.82) is 0 Å². The van der Waals surface area contributed by atoms with E-state index in [1.165, 1.54) is 22.3 Å². The van der Waals surface area contributed by atoms with Crippen LogP contribution in [0.25, 0.3) is 0 Å². The zero-order valence-electron chi connectivity index (χ0n) is 13.0. The van der Waals surface area contributed by atoms with Gasteiger partial charge >= 0.3 is 131 Å². The molecule has 0 amide bonds. The first-order chi connectivity index (χ1) is 9.38. The molecule has 0 spiro atoms. The van der Waals surface area contributed by atoms with Gasteiger partial charge in [-0.2, -0.15) is 0 Å². The molecule has 0 unspecified atom stereocenters. The van der Waals surface area contributed by atoms with Crippen molar-refractivity contribution in [2.24, 2.45) is 0 Å². The van der Waals surface area contributed by atoms with Crippen LogP contribution in [0.5, 0.6) is 0 Å². The molecule has 0 aromatic carbocycles. The Morgan fingerprint density at radius 1 is 0.850 bits per heavy atom. The molecule has 20 heavy (non-hydrogen) atoms. The summed E-state index contributed by atoms with van der Waals surface area (Å²) in [6.45, 7) is 11.0. The molecule has 0 atom stereocenters. The van der Waals surface area contributed by atoms with Gasteiger partial charge in [-0.05, 0) is 0 Å². The Morgan fingerprint density at radius 2 is 1.25 bits per heavy atom. The quantitative estimate of drug-likeness (QED) is 0.593. The van der Waals surface area contributed by atoms with E-state index in [1.54, 1.807) is 0 Å². The van der Waals surface area contributed by atoms with Crippen LogP contribution in [0.15, 0.2) is 36.9 Å². The number of aromatic nitrogens is 2. The molecule has 0 N–H and O–H groups in total. The number of pyridine rings is 2. The van der Waals surface area contributed by atoms with E-state index in [4.69, 9.17) is 0 Å². The topological polar surface area (TPSA) is 7.76 Å². The Balaban J connectivity index is 2.57. The van der Waals surface area contributed by atoms with Crippen LogP contribution < -0.4 is 8.47 Å². The van der Waals surface area contributed by atoms with Crippen molar-refractivity contribution in [2.45, 2.75) is 40.7 Å². The van der Waals surface area contributed by atoms with E-state index in [9.17, 15) is 0 Å². The number of hydrogen-bond acceptors (Lipinski definition) is 0. The first-order valence-corrected chi connectivity index (χ1v) is 12.2. The summed E-state index contributed by atoms with van der Waals surface area (Å²) in [4.78, 5) is 0. The Morgan fingerprint density at radius 3 is 1.55 bits per heavy atom. The minimum atomic E-state index is -2.27. The van der Waals surface area contributed by atoms with Crippen LogP contribution in [-0.2, 0) is 0 Å². The fraction of sp³-hybridized carbons (Fsp3) is 0.375. The molecule has 0 radical (unpaired) electrons. The molecule has 0 fully saturated rings. The van der Waals surface area contributed by atoms with Crippen LogP contribution in [0.2, 0.25) is 6.04 Å². The van der Waals surface area contributed by atoms with E-state index in [-0.39, 0.29) is 0 Å². The molecular weight excluding hydrogens is 328 g/mol. The fourth-order valence-corrected chi connectivity index (χ4v) is 6.75. The molecule has 2 rings (SSSR count). The molecule has 4 heteroatoms. The fourth-order valence-electron chi connectivity index (χ4n) is 2.46. The van der Waals surface area contributed by atoms with Gasteiger partial charge in [-0.3, -0.25) is 0 Å². The molecule has 2 aromatic heterocycles. The van der Waals surface area contributed by atoms with Gasteiger partial charge in [0, 0.05) is 0 Å². The van der Waals surface area contributed by atoms with Crippen molar-refractivity contribution in [3.63, 3.8) is 0 Å². The van der Waals surface area contributed by atoms with Crippen LogP contribution >= 0.6 is 15.3 Å². The van der Waals surface area contributed by atoms with Gasteiger partial charge in [-0.25, -0.2) is 0 Å². The van der Waals surface area contributed by atoms with Crippen LogP contribution in [0.1, 0.15) is 29.2 Å². The minimum absolute atomic E-state index is 1.12. The third kappa shape index (κ3) is 2.72. The average molecular weight is 352 g/mol. The molecule has 2 nitrogen and oxygen atoms in total. The maximum atomic E-state index is 4.11. The van der Waals surface area contributed by atoms with Gasteiger partial charge in [0.15, 0.2) is 0 Å². The van der Waals surface area contributed by atoms with Gasteiger partial charge in [0.1, 0.15) is 0 Å². The predicted molar refractivity (Wildman–Crippen MR) is 89.6 cm³/mol. The second-order valence-electron chi connectivity index (χ2n) is 5.75. The van der Waals surface area contributed by atoms with E-state index >= 15 is 0 Å². The second kappa shape index (κ2) is 5.78. The van der Waals surface area contributed by atoms with E-state index < -0.39 is 7.02 Å². The summed E-state index contributed by atoms with van der Waals surface area (Å²) in [6.07, 6.45) is 8.99. The van der Waals surface area contributed by atoms with Crippen molar-refractivity contribution in [3.05, 3.63) is 59.2 Å². The Labute approximate surface area is 130 Å². The molecule has 0 saturated heterocycles. The monoisotopic (exact) mass is 351 g/mol. The maximum absolute atomic E-state index is 4.11. The Bertz CT molecular complexity index is 589. The van der Waals surface area contributed by atoms with Crippen LogP contribution in [0.4, 0.5) is 0 Å². The van der Waals surface area contributed by atoms with Gasteiger partial charge in [-0.15, -0.1) is 0 Å². The third-order valence-electron chi connectivity index (χ3n) is 4.36. The summed E-state index contributed by atoms with van der Waals surface area (Å²) in [5.41, 5.74) is 5.37. The van der Waals surface area contributed by atoms with Gasteiger partial charge in [-0.1, -0.05) is 0 Å². The molecule has 108 valence electrons. The van der Waals surface area contributed by atoms with Crippen molar-refractivity contribution in [1.82, 2.24) is 0 Å². The zero-order valence-corrected chi connectivity index (χ0v) is 15.8. The Kier molecular flexibility index (Phi) is 4.45. The predicted octanol–water partition coefficient (Wildman–Crippen LogP) is 2.98. The first-order valence-electron chi connectivity index (χ1n) is 7.20. The van der Waals surface area contributed by atoms with Gasteiger partial charge < -0.3 is 0 Å². The van der Waals surface area contributed by atoms with Crippen molar-refractivity contribution in [2.75, 3.05) is 0 Å². The molecular formula is C16H24BrN2Si+. The van der Waals surface area contributed by atoms with Crippen molar-refractivity contribution >= 4 is 22.3 Å². The Hall–Kier alpha value is -1.00. The van der Waals surface area contributed by atoms with Crippen LogP contribution in [-0.4, -0.2) is 7.02 Å². The van der Waals surface area contributed by atoms with E-state index in [0.717, 1.165) is 6.04 Å².